The standard InChI is InChI=1S/C22H22ClF4NO3S/c1-21(2,32(30,31)17-5-3-4-15(11-17)22(25,26)27)16-8-13(9-16)12-28-20(29)14-6-7-19(24)18(23)10-14/h3-7,10-11,13,16H,8-9,12H2,1-2H3,(H,28,29). The second kappa shape index (κ2) is 8.67. The highest BCUT2D eigenvalue weighted by molar-refractivity contribution is 7.92. The molecule has 0 atom stereocenters. The van der Waals surface area contributed by atoms with Gasteiger partial charge in [-0.05, 0) is 74.9 Å². The Morgan fingerprint density at radius 1 is 1.12 bits per heavy atom. The van der Waals surface area contributed by atoms with Crippen molar-refractivity contribution in [2.75, 3.05) is 6.54 Å². The molecule has 4 nitrogen and oxygen atoms in total. The summed E-state index contributed by atoms with van der Waals surface area (Å²) < 4.78 is 77.2. The van der Waals surface area contributed by atoms with E-state index in [4.69, 9.17) is 11.6 Å². The highest BCUT2D eigenvalue weighted by atomic mass is 35.5. The number of nitrogens with one attached hydrogen (secondary N) is 1. The number of benzene rings is 2. The number of rotatable bonds is 6. The Hall–Kier alpha value is -2.13. The van der Waals surface area contributed by atoms with Gasteiger partial charge in [0.25, 0.3) is 5.91 Å². The van der Waals surface area contributed by atoms with Crippen molar-refractivity contribution in [3.8, 4) is 0 Å². The second-order valence-electron chi connectivity index (χ2n) is 8.51. The zero-order valence-electron chi connectivity index (χ0n) is 17.3. The lowest BCUT2D eigenvalue weighted by Gasteiger charge is -2.44. The zero-order valence-corrected chi connectivity index (χ0v) is 18.9. The number of halogens is 5. The summed E-state index contributed by atoms with van der Waals surface area (Å²) in [4.78, 5) is 11.8. The van der Waals surface area contributed by atoms with Crippen LogP contribution in [-0.2, 0) is 16.0 Å². The molecule has 10 heteroatoms. The molecule has 1 aliphatic rings. The first-order valence-electron chi connectivity index (χ1n) is 9.88. The van der Waals surface area contributed by atoms with Crippen LogP contribution in [0.15, 0.2) is 47.4 Å². The van der Waals surface area contributed by atoms with Crippen molar-refractivity contribution in [2.45, 2.75) is 42.5 Å². The first-order valence-corrected chi connectivity index (χ1v) is 11.7. The number of carbonyl (C=O) groups is 1. The van der Waals surface area contributed by atoms with Gasteiger partial charge < -0.3 is 5.32 Å². The molecule has 2 aromatic carbocycles. The number of sulfone groups is 1. The molecule has 1 N–H and O–H groups in total. The van der Waals surface area contributed by atoms with Crippen molar-refractivity contribution in [1.82, 2.24) is 5.32 Å². The van der Waals surface area contributed by atoms with E-state index >= 15 is 0 Å². The van der Waals surface area contributed by atoms with Gasteiger partial charge in [0.05, 0.1) is 20.2 Å². The molecule has 32 heavy (non-hydrogen) atoms. The number of alkyl halides is 3. The van der Waals surface area contributed by atoms with Crippen LogP contribution < -0.4 is 5.32 Å². The van der Waals surface area contributed by atoms with Crippen LogP contribution in [0.1, 0.15) is 42.6 Å². The van der Waals surface area contributed by atoms with Gasteiger partial charge in [0.2, 0.25) is 0 Å². The Bertz CT molecular complexity index is 1130. The molecule has 0 saturated heterocycles. The normalized spacial score (nSPS) is 19.3. The van der Waals surface area contributed by atoms with Crippen LogP contribution in [0.4, 0.5) is 17.6 Å². The maximum Gasteiger partial charge on any atom is 0.416 e. The average molecular weight is 492 g/mol. The van der Waals surface area contributed by atoms with Crippen molar-refractivity contribution in [3.63, 3.8) is 0 Å². The van der Waals surface area contributed by atoms with E-state index in [9.17, 15) is 30.8 Å². The molecule has 1 amide bonds. The van der Waals surface area contributed by atoms with Crippen LogP contribution in [-0.4, -0.2) is 25.6 Å². The fraction of sp³-hybridized carbons (Fsp3) is 0.409. The van der Waals surface area contributed by atoms with E-state index in [1.54, 1.807) is 0 Å². The summed E-state index contributed by atoms with van der Waals surface area (Å²) >= 11 is 5.68. The smallest absolute Gasteiger partial charge is 0.352 e. The highest BCUT2D eigenvalue weighted by Crippen LogP contribution is 2.46. The fourth-order valence-electron chi connectivity index (χ4n) is 3.81. The fourth-order valence-corrected chi connectivity index (χ4v) is 5.77. The monoisotopic (exact) mass is 491 g/mol. The molecule has 2 aromatic rings. The molecule has 1 saturated carbocycles. The minimum absolute atomic E-state index is 0.0239. The van der Waals surface area contributed by atoms with Gasteiger partial charge in [-0.25, -0.2) is 12.8 Å². The minimum Gasteiger partial charge on any atom is -0.352 e. The quantitative estimate of drug-likeness (QED) is 0.542. The van der Waals surface area contributed by atoms with Gasteiger partial charge >= 0.3 is 6.18 Å². The van der Waals surface area contributed by atoms with Gasteiger partial charge in [-0.3, -0.25) is 4.79 Å². The molecular formula is C22H22ClF4NO3S. The molecular weight excluding hydrogens is 470 g/mol. The van der Waals surface area contributed by atoms with Crippen molar-refractivity contribution >= 4 is 27.3 Å². The molecule has 0 bridgehead atoms. The molecule has 1 aliphatic carbocycles. The van der Waals surface area contributed by atoms with E-state index in [1.165, 1.54) is 32.0 Å². The predicted molar refractivity (Wildman–Crippen MR) is 113 cm³/mol. The lowest BCUT2D eigenvalue weighted by molar-refractivity contribution is -0.137. The Morgan fingerprint density at radius 2 is 1.78 bits per heavy atom. The summed E-state index contributed by atoms with van der Waals surface area (Å²) in [6, 6.07) is 7.40. The van der Waals surface area contributed by atoms with E-state index in [0.29, 0.717) is 25.5 Å². The number of amides is 1. The molecule has 0 aliphatic heterocycles. The largest absolute Gasteiger partial charge is 0.416 e. The predicted octanol–water partition coefficient (Wildman–Crippen LogP) is 5.51. The Kier molecular flexibility index (Phi) is 6.64. The third-order valence-corrected chi connectivity index (χ3v) is 9.00. The summed E-state index contributed by atoms with van der Waals surface area (Å²) in [7, 11) is -4.03. The maximum absolute atomic E-state index is 13.2. The van der Waals surface area contributed by atoms with Crippen LogP contribution in [0.2, 0.25) is 5.02 Å². The van der Waals surface area contributed by atoms with Gasteiger partial charge in [0.15, 0.2) is 9.84 Å². The van der Waals surface area contributed by atoms with Crippen LogP contribution in [0, 0.1) is 17.7 Å². The summed E-state index contributed by atoms with van der Waals surface area (Å²) in [5.74, 6) is -1.31. The molecule has 174 valence electrons. The van der Waals surface area contributed by atoms with Gasteiger partial charge in [-0.1, -0.05) is 17.7 Å². The van der Waals surface area contributed by atoms with Gasteiger partial charge in [0, 0.05) is 12.1 Å². The van der Waals surface area contributed by atoms with E-state index in [2.05, 4.69) is 5.32 Å². The van der Waals surface area contributed by atoms with Gasteiger partial charge in [-0.15, -0.1) is 0 Å². The second-order valence-corrected chi connectivity index (χ2v) is 11.4. The Morgan fingerprint density at radius 3 is 2.38 bits per heavy atom. The van der Waals surface area contributed by atoms with Crippen LogP contribution in [0.25, 0.3) is 0 Å². The number of hydrogen-bond donors (Lipinski definition) is 1. The van der Waals surface area contributed by atoms with Crippen LogP contribution in [0.3, 0.4) is 0 Å². The van der Waals surface area contributed by atoms with Gasteiger partial charge in [0.1, 0.15) is 5.82 Å². The van der Waals surface area contributed by atoms with Crippen molar-refractivity contribution in [2.24, 2.45) is 11.8 Å². The molecule has 0 heterocycles. The first-order chi connectivity index (χ1) is 14.7. The average Bonchev–Trinajstić information content (AvgIpc) is 2.67. The molecule has 0 spiro atoms. The Labute approximate surface area is 188 Å². The van der Waals surface area contributed by atoms with Crippen molar-refractivity contribution in [3.05, 3.63) is 64.4 Å². The van der Waals surface area contributed by atoms with Crippen molar-refractivity contribution < 1.29 is 30.8 Å². The zero-order chi connectivity index (χ0) is 23.9. The summed E-state index contributed by atoms with van der Waals surface area (Å²) in [6.07, 6.45) is -3.64. The third kappa shape index (κ3) is 4.78. The molecule has 0 radical (unpaired) electrons. The molecule has 0 unspecified atom stereocenters. The first kappa shape index (κ1) is 24.5. The minimum atomic E-state index is -4.63. The lowest BCUT2D eigenvalue weighted by Crippen LogP contribution is -2.48. The van der Waals surface area contributed by atoms with Crippen LogP contribution >= 0.6 is 11.6 Å². The van der Waals surface area contributed by atoms with E-state index in [-0.39, 0.29) is 27.3 Å². The highest BCUT2D eigenvalue weighted by Gasteiger charge is 2.48. The van der Waals surface area contributed by atoms with E-state index in [1.807, 2.05) is 0 Å². The van der Waals surface area contributed by atoms with Crippen molar-refractivity contribution in [1.29, 1.82) is 0 Å². The third-order valence-electron chi connectivity index (χ3n) is 6.12. The lowest BCUT2D eigenvalue weighted by atomic mass is 9.69. The molecule has 0 aromatic heterocycles. The maximum atomic E-state index is 13.2. The SMILES string of the molecule is CC(C)(C1CC(CNC(=O)c2ccc(F)c(Cl)c2)C1)S(=O)(=O)c1cccc(C(F)(F)F)c1. The summed E-state index contributed by atoms with van der Waals surface area (Å²) in [6.45, 7) is 3.33. The summed E-state index contributed by atoms with van der Waals surface area (Å²) in [5, 5.41) is 2.56. The van der Waals surface area contributed by atoms with E-state index < -0.39 is 38.0 Å². The molecule has 1 fully saturated rings. The Balaban J connectivity index is 1.62. The van der Waals surface area contributed by atoms with Crippen LogP contribution in [0.5, 0.6) is 0 Å². The topological polar surface area (TPSA) is 63.2 Å². The van der Waals surface area contributed by atoms with Gasteiger partial charge in [-0.2, -0.15) is 13.2 Å². The summed E-state index contributed by atoms with van der Waals surface area (Å²) in [5.41, 5.74) is -0.802. The number of hydrogen-bond acceptors (Lipinski definition) is 3. The van der Waals surface area contributed by atoms with E-state index in [0.717, 1.165) is 18.2 Å². The molecule has 3 rings (SSSR count). The number of carbonyl (C=O) groups excluding carboxylic acids is 1.